The van der Waals surface area contributed by atoms with Crippen LogP contribution in [0.4, 0.5) is 0 Å². The van der Waals surface area contributed by atoms with Crippen LogP contribution in [0, 0.1) is 11.8 Å². The third kappa shape index (κ3) is 2.91. The second kappa shape index (κ2) is 6.67. The van der Waals surface area contributed by atoms with Crippen LogP contribution in [0.5, 0.6) is 0 Å². The first-order chi connectivity index (χ1) is 12.8. The van der Waals surface area contributed by atoms with Crippen molar-refractivity contribution >= 4 is 11.4 Å². The second-order valence-electron chi connectivity index (χ2n) is 8.20. The molecule has 3 N–H and O–H groups in total. The molecule has 0 aromatic carbocycles. The van der Waals surface area contributed by atoms with E-state index >= 15 is 0 Å². The number of aromatic nitrogens is 2. The Kier molecular flexibility index (Phi) is 4.17. The van der Waals surface area contributed by atoms with Crippen LogP contribution < -0.4 is 14.6 Å². The van der Waals surface area contributed by atoms with Crippen LogP contribution >= 0.6 is 0 Å². The lowest BCUT2D eigenvalue weighted by molar-refractivity contribution is -0.921. The van der Waals surface area contributed by atoms with E-state index in [4.69, 9.17) is 4.74 Å². The average Bonchev–Trinajstić information content (AvgIpc) is 3.37. The van der Waals surface area contributed by atoms with E-state index in [9.17, 15) is 4.79 Å². The van der Waals surface area contributed by atoms with Crippen molar-refractivity contribution in [3.05, 3.63) is 35.9 Å². The zero-order valence-corrected chi connectivity index (χ0v) is 15.2. The zero-order valence-electron chi connectivity index (χ0n) is 15.2. The molecule has 2 aliphatic carbocycles. The van der Waals surface area contributed by atoms with Gasteiger partial charge >= 0.3 is 11.7 Å². The Bertz CT molecular complexity index is 811. The number of quaternary nitrogens is 1. The molecule has 3 aliphatic rings. The molecule has 6 heteroatoms. The van der Waals surface area contributed by atoms with E-state index in [0.29, 0.717) is 17.8 Å². The number of ether oxygens (including phenoxy) is 1. The Morgan fingerprint density at radius 1 is 1.27 bits per heavy atom. The monoisotopic (exact) mass is 356 g/mol. The molecule has 3 unspecified atom stereocenters. The summed E-state index contributed by atoms with van der Waals surface area (Å²) in [6.07, 6.45) is 7.07. The van der Waals surface area contributed by atoms with Gasteiger partial charge in [-0.3, -0.25) is 4.79 Å². The standard InChI is InChI=1S/C20H26N4O2/c25-20(22-16-12-14-4-5-15(16)11-14)19-21-17(13-23-7-9-26-10-8-23)18-3-1-2-6-24(18)19/h1-3,6,14-16H,4-5,7-13H2,(H,22,25)/p+2. The Morgan fingerprint density at radius 3 is 2.92 bits per heavy atom. The van der Waals surface area contributed by atoms with Crippen LogP contribution in [-0.4, -0.2) is 43.2 Å². The average molecular weight is 356 g/mol. The minimum atomic E-state index is 0.0342. The van der Waals surface area contributed by atoms with E-state index in [1.165, 1.54) is 24.2 Å². The van der Waals surface area contributed by atoms with Crippen LogP contribution in [0.3, 0.4) is 0 Å². The fourth-order valence-electron chi connectivity index (χ4n) is 5.20. The van der Waals surface area contributed by atoms with Gasteiger partial charge in [0.15, 0.2) is 5.52 Å². The second-order valence-corrected chi connectivity index (χ2v) is 8.20. The van der Waals surface area contributed by atoms with Gasteiger partial charge in [0.1, 0.15) is 19.6 Å². The molecule has 1 saturated heterocycles. The van der Waals surface area contributed by atoms with Crippen LogP contribution in [0.2, 0.25) is 0 Å². The molecule has 2 bridgehead atoms. The quantitative estimate of drug-likeness (QED) is 0.680. The van der Waals surface area contributed by atoms with Gasteiger partial charge in [-0.2, -0.15) is 4.40 Å². The van der Waals surface area contributed by atoms with Gasteiger partial charge < -0.3 is 15.0 Å². The van der Waals surface area contributed by atoms with E-state index in [1.807, 2.05) is 22.7 Å². The summed E-state index contributed by atoms with van der Waals surface area (Å²) in [5.74, 6) is 2.21. The number of morpholine rings is 1. The van der Waals surface area contributed by atoms with Crippen LogP contribution in [0.1, 0.15) is 42.0 Å². The molecule has 3 heterocycles. The first-order valence-corrected chi connectivity index (χ1v) is 10.0. The maximum absolute atomic E-state index is 13.0. The summed E-state index contributed by atoms with van der Waals surface area (Å²) in [7, 11) is 0. The van der Waals surface area contributed by atoms with Gasteiger partial charge in [-0.1, -0.05) is 12.5 Å². The van der Waals surface area contributed by atoms with Crippen LogP contribution in [0.15, 0.2) is 24.4 Å². The number of H-pyrrole nitrogens is 1. The van der Waals surface area contributed by atoms with E-state index in [2.05, 4.69) is 16.4 Å². The zero-order chi connectivity index (χ0) is 17.5. The number of pyridine rings is 1. The summed E-state index contributed by atoms with van der Waals surface area (Å²) >= 11 is 0. The summed E-state index contributed by atoms with van der Waals surface area (Å²) in [6, 6.07) is 6.48. The maximum Gasteiger partial charge on any atom is 0.351 e. The highest BCUT2D eigenvalue weighted by Gasteiger charge is 2.41. The fraction of sp³-hybridized carbons (Fsp3) is 0.600. The summed E-state index contributed by atoms with van der Waals surface area (Å²) in [4.78, 5) is 18.0. The van der Waals surface area contributed by atoms with Gasteiger partial charge in [-0.15, -0.1) is 0 Å². The van der Waals surface area contributed by atoms with Gasteiger partial charge in [-0.05, 0) is 43.2 Å². The van der Waals surface area contributed by atoms with Gasteiger partial charge in [0.05, 0.1) is 19.4 Å². The number of nitrogens with zero attached hydrogens (tertiary/aromatic N) is 1. The molecule has 2 aromatic rings. The number of imidazole rings is 1. The summed E-state index contributed by atoms with van der Waals surface area (Å²) in [6.45, 7) is 4.57. The highest BCUT2D eigenvalue weighted by atomic mass is 16.5. The van der Waals surface area contributed by atoms with E-state index in [0.717, 1.165) is 56.4 Å². The van der Waals surface area contributed by atoms with Crippen molar-refractivity contribution in [1.82, 2.24) is 10.3 Å². The Labute approximate surface area is 153 Å². The van der Waals surface area contributed by atoms with Crippen molar-refractivity contribution in [3.63, 3.8) is 0 Å². The van der Waals surface area contributed by atoms with Crippen LogP contribution in [0.25, 0.3) is 5.52 Å². The third-order valence-electron chi connectivity index (χ3n) is 6.58. The minimum absolute atomic E-state index is 0.0342. The van der Waals surface area contributed by atoms with Gasteiger partial charge in [-0.25, -0.2) is 4.98 Å². The molecule has 26 heavy (non-hydrogen) atoms. The molecule has 1 amide bonds. The highest BCUT2D eigenvalue weighted by molar-refractivity contribution is 5.90. The number of rotatable bonds is 4. The van der Waals surface area contributed by atoms with Crippen molar-refractivity contribution in [2.75, 3.05) is 26.3 Å². The van der Waals surface area contributed by atoms with Crippen LogP contribution in [-0.2, 0) is 11.3 Å². The number of amides is 1. The molecule has 0 spiro atoms. The van der Waals surface area contributed by atoms with Gasteiger partial charge in [0.2, 0.25) is 5.69 Å². The van der Waals surface area contributed by atoms with E-state index < -0.39 is 0 Å². The molecule has 2 saturated carbocycles. The fourth-order valence-corrected chi connectivity index (χ4v) is 5.20. The summed E-state index contributed by atoms with van der Waals surface area (Å²) < 4.78 is 7.48. The smallest absolute Gasteiger partial charge is 0.351 e. The van der Waals surface area contributed by atoms with Gasteiger partial charge in [0.25, 0.3) is 0 Å². The molecular formula is C20H28N4O2+2. The lowest BCUT2D eigenvalue weighted by Crippen LogP contribution is -3.12. The van der Waals surface area contributed by atoms with Crippen molar-refractivity contribution < 1.29 is 18.8 Å². The number of aromatic amines is 1. The lowest BCUT2D eigenvalue weighted by Gasteiger charge is -2.22. The first kappa shape index (κ1) is 16.3. The molecule has 138 valence electrons. The molecule has 2 aromatic heterocycles. The molecule has 0 radical (unpaired) electrons. The van der Waals surface area contributed by atoms with E-state index in [-0.39, 0.29) is 5.91 Å². The predicted molar refractivity (Wildman–Crippen MR) is 95.9 cm³/mol. The van der Waals surface area contributed by atoms with E-state index in [1.54, 1.807) is 0 Å². The van der Waals surface area contributed by atoms with Crippen molar-refractivity contribution in [2.24, 2.45) is 11.8 Å². The number of hydrogen-bond acceptors (Lipinski definition) is 2. The SMILES string of the molecule is O=C(NC1CC2CCC1C2)c1[nH]c(C[NH+]2CCOCC2)c2cccc[n+]12. The molecule has 5 rings (SSSR count). The normalized spacial score (nSPS) is 28.7. The maximum atomic E-state index is 13.0. The van der Waals surface area contributed by atoms with Crippen molar-refractivity contribution in [3.8, 4) is 0 Å². The molecule has 6 nitrogen and oxygen atoms in total. The highest BCUT2D eigenvalue weighted by Crippen LogP contribution is 2.44. The summed E-state index contributed by atoms with van der Waals surface area (Å²) in [5.41, 5.74) is 2.24. The van der Waals surface area contributed by atoms with Crippen molar-refractivity contribution in [1.29, 1.82) is 0 Å². The predicted octanol–water partition coefficient (Wildman–Crippen LogP) is 0.0869. The minimum Gasteiger partial charge on any atom is -0.370 e. The third-order valence-corrected chi connectivity index (χ3v) is 6.58. The first-order valence-electron chi connectivity index (χ1n) is 10.0. The molecular weight excluding hydrogens is 328 g/mol. The molecule has 3 atom stereocenters. The lowest BCUT2D eigenvalue weighted by atomic mass is 9.95. The number of fused-ring (bicyclic) bond motifs is 3. The van der Waals surface area contributed by atoms with Crippen molar-refractivity contribution in [2.45, 2.75) is 38.3 Å². The van der Waals surface area contributed by atoms with Gasteiger partial charge in [0, 0.05) is 6.04 Å². The topological polar surface area (TPSA) is 62.7 Å². The number of hydrogen-bond donors (Lipinski definition) is 3. The Balaban J connectivity index is 1.39. The largest absolute Gasteiger partial charge is 0.370 e. The summed E-state index contributed by atoms with van der Waals surface area (Å²) in [5, 5.41) is 3.32. The number of nitrogens with one attached hydrogen (secondary N) is 3. The number of carbonyl (C=O) groups excluding carboxylic acids is 1. The number of carbonyl (C=O) groups is 1. The Hall–Kier alpha value is -1.92. The Morgan fingerprint density at radius 2 is 2.15 bits per heavy atom. The molecule has 3 fully saturated rings. The molecule has 1 aliphatic heterocycles.